The van der Waals surface area contributed by atoms with Crippen LogP contribution >= 0.6 is 0 Å². The molecule has 3 heterocycles. The van der Waals surface area contributed by atoms with Gasteiger partial charge in [0, 0.05) is 36.6 Å². The van der Waals surface area contributed by atoms with Crippen LogP contribution in [0.5, 0.6) is 0 Å². The first-order chi connectivity index (χ1) is 11.7. The number of hydrogen-bond donors (Lipinski definition) is 2. The molecule has 2 fully saturated rings. The van der Waals surface area contributed by atoms with E-state index in [0.717, 1.165) is 25.1 Å². The summed E-state index contributed by atoms with van der Waals surface area (Å²) < 4.78 is 1.89. The van der Waals surface area contributed by atoms with E-state index in [1.54, 1.807) is 6.20 Å². The SMILES string of the molecule is O=C(CC1CC2CCC(C1)N2)Nc1ccc(Cn2cccn2)cc1. The Balaban J connectivity index is 1.29. The first kappa shape index (κ1) is 15.4. The molecular formula is C19H24N4O. The second-order valence-electron chi connectivity index (χ2n) is 7.13. The number of amides is 1. The maximum absolute atomic E-state index is 12.3. The van der Waals surface area contributed by atoms with E-state index in [4.69, 9.17) is 0 Å². The van der Waals surface area contributed by atoms with Gasteiger partial charge in [0.1, 0.15) is 0 Å². The lowest BCUT2D eigenvalue weighted by Crippen LogP contribution is -2.39. The van der Waals surface area contributed by atoms with Gasteiger partial charge in [-0.15, -0.1) is 0 Å². The largest absolute Gasteiger partial charge is 0.326 e. The van der Waals surface area contributed by atoms with Crippen LogP contribution in [0.3, 0.4) is 0 Å². The molecule has 0 saturated carbocycles. The van der Waals surface area contributed by atoms with Gasteiger partial charge in [-0.3, -0.25) is 9.48 Å². The molecule has 2 bridgehead atoms. The van der Waals surface area contributed by atoms with Crippen LogP contribution in [-0.2, 0) is 11.3 Å². The Morgan fingerprint density at radius 1 is 1.21 bits per heavy atom. The number of nitrogens with zero attached hydrogens (tertiary/aromatic N) is 2. The molecule has 2 saturated heterocycles. The van der Waals surface area contributed by atoms with Gasteiger partial charge in [0.15, 0.2) is 0 Å². The van der Waals surface area contributed by atoms with E-state index in [1.165, 1.54) is 18.4 Å². The van der Waals surface area contributed by atoms with Crippen molar-refractivity contribution in [2.24, 2.45) is 5.92 Å². The molecule has 1 aromatic heterocycles. The number of anilines is 1. The van der Waals surface area contributed by atoms with E-state index in [0.29, 0.717) is 24.4 Å². The summed E-state index contributed by atoms with van der Waals surface area (Å²) in [5.74, 6) is 0.670. The lowest BCUT2D eigenvalue weighted by molar-refractivity contribution is -0.117. The van der Waals surface area contributed by atoms with Crippen LogP contribution in [0.15, 0.2) is 42.7 Å². The third-order valence-corrected chi connectivity index (χ3v) is 5.19. The highest BCUT2D eigenvalue weighted by atomic mass is 16.1. The van der Waals surface area contributed by atoms with E-state index in [1.807, 2.05) is 41.2 Å². The molecule has 4 rings (SSSR count). The fourth-order valence-corrected chi connectivity index (χ4v) is 4.09. The van der Waals surface area contributed by atoms with Crippen LogP contribution in [0.4, 0.5) is 5.69 Å². The fourth-order valence-electron chi connectivity index (χ4n) is 4.09. The lowest BCUT2D eigenvalue weighted by Gasteiger charge is -2.28. The molecule has 0 aliphatic carbocycles. The summed E-state index contributed by atoms with van der Waals surface area (Å²) in [4.78, 5) is 12.3. The fraction of sp³-hybridized carbons (Fsp3) is 0.474. The average molecular weight is 324 g/mol. The molecular weight excluding hydrogens is 300 g/mol. The molecule has 2 N–H and O–H groups in total. The highest BCUT2D eigenvalue weighted by molar-refractivity contribution is 5.90. The minimum absolute atomic E-state index is 0.140. The predicted octanol–water partition coefficient (Wildman–Crippen LogP) is 2.79. The second kappa shape index (κ2) is 6.77. The first-order valence-corrected chi connectivity index (χ1v) is 8.87. The van der Waals surface area contributed by atoms with Crippen molar-refractivity contribution in [3.05, 3.63) is 48.3 Å². The molecule has 1 amide bonds. The summed E-state index contributed by atoms with van der Waals surface area (Å²) in [5.41, 5.74) is 2.05. The molecule has 5 heteroatoms. The smallest absolute Gasteiger partial charge is 0.224 e. The highest BCUT2D eigenvalue weighted by Crippen LogP contribution is 2.32. The zero-order valence-electron chi connectivity index (χ0n) is 13.8. The molecule has 2 aliphatic heterocycles. The van der Waals surface area contributed by atoms with Crippen LogP contribution in [0, 0.1) is 5.92 Å². The van der Waals surface area contributed by atoms with Crippen molar-refractivity contribution < 1.29 is 4.79 Å². The van der Waals surface area contributed by atoms with Gasteiger partial charge in [-0.05, 0) is 55.4 Å². The van der Waals surface area contributed by atoms with Crippen molar-refractivity contribution in [1.29, 1.82) is 0 Å². The van der Waals surface area contributed by atoms with Crippen LogP contribution in [0.25, 0.3) is 0 Å². The van der Waals surface area contributed by atoms with Crippen molar-refractivity contribution in [1.82, 2.24) is 15.1 Å². The van der Waals surface area contributed by atoms with Crippen molar-refractivity contribution >= 4 is 11.6 Å². The number of hydrogen-bond acceptors (Lipinski definition) is 3. The summed E-state index contributed by atoms with van der Waals surface area (Å²) in [6.07, 6.45) is 9.22. The van der Waals surface area contributed by atoms with Gasteiger partial charge in [-0.25, -0.2) is 0 Å². The average Bonchev–Trinajstić information content (AvgIpc) is 3.19. The molecule has 24 heavy (non-hydrogen) atoms. The number of benzene rings is 1. The normalized spacial score (nSPS) is 25.6. The number of rotatable bonds is 5. The van der Waals surface area contributed by atoms with Crippen LogP contribution in [0.2, 0.25) is 0 Å². The standard InChI is InChI=1S/C19H24N4O/c24-19(12-15-10-17-6-7-18(11-15)21-17)22-16-4-2-14(3-5-16)13-23-9-1-8-20-23/h1-5,8-9,15,17-18,21H,6-7,10-13H2,(H,22,24). The van der Waals surface area contributed by atoms with Crippen LogP contribution < -0.4 is 10.6 Å². The topological polar surface area (TPSA) is 59.0 Å². The lowest BCUT2D eigenvalue weighted by atomic mass is 9.89. The monoisotopic (exact) mass is 324 g/mol. The number of fused-ring (bicyclic) bond motifs is 2. The molecule has 2 aromatic rings. The number of carbonyl (C=O) groups excluding carboxylic acids is 1. The van der Waals surface area contributed by atoms with E-state index >= 15 is 0 Å². The maximum atomic E-state index is 12.3. The first-order valence-electron chi connectivity index (χ1n) is 8.87. The van der Waals surface area contributed by atoms with Crippen molar-refractivity contribution in [3.8, 4) is 0 Å². The molecule has 2 aliphatic rings. The summed E-state index contributed by atoms with van der Waals surface area (Å²) >= 11 is 0. The van der Waals surface area contributed by atoms with Crippen molar-refractivity contribution in [3.63, 3.8) is 0 Å². The number of piperidine rings is 1. The molecule has 5 nitrogen and oxygen atoms in total. The maximum Gasteiger partial charge on any atom is 0.224 e. The molecule has 0 spiro atoms. The van der Waals surface area contributed by atoms with Gasteiger partial charge in [0.05, 0.1) is 6.54 Å². The van der Waals surface area contributed by atoms with E-state index < -0.39 is 0 Å². The Labute approximate surface area is 142 Å². The number of carbonyl (C=O) groups is 1. The third-order valence-electron chi connectivity index (χ3n) is 5.19. The van der Waals surface area contributed by atoms with Crippen LogP contribution in [0.1, 0.15) is 37.7 Å². The van der Waals surface area contributed by atoms with Crippen LogP contribution in [-0.4, -0.2) is 27.8 Å². The molecule has 1 aromatic carbocycles. The summed E-state index contributed by atoms with van der Waals surface area (Å²) in [7, 11) is 0. The number of nitrogens with one attached hydrogen (secondary N) is 2. The predicted molar refractivity (Wildman–Crippen MR) is 93.7 cm³/mol. The van der Waals surface area contributed by atoms with Gasteiger partial charge in [-0.2, -0.15) is 5.10 Å². The Morgan fingerprint density at radius 2 is 1.96 bits per heavy atom. The Hall–Kier alpha value is -2.14. The zero-order valence-corrected chi connectivity index (χ0v) is 13.8. The summed E-state index contributed by atoms with van der Waals surface area (Å²) in [6, 6.07) is 11.2. The van der Waals surface area contributed by atoms with Crippen molar-refractivity contribution in [2.75, 3.05) is 5.32 Å². The van der Waals surface area contributed by atoms with E-state index in [-0.39, 0.29) is 5.91 Å². The minimum Gasteiger partial charge on any atom is -0.326 e. The molecule has 126 valence electrons. The van der Waals surface area contributed by atoms with Gasteiger partial charge in [0.2, 0.25) is 5.91 Å². The summed E-state index contributed by atoms with van der Waals surface area (Å²) in [5, 5.41) is 10.9. The molecule has 0 radical (unpaired) electrons. The van der Waals surface area contributed by atoms with E-state index in [2.05, 4.69) is 15.7 Å². The Kier molecular flexibility index (Phi) is 4.34. The molecule has 2 atom stereocenters. The van der Waals surface area contributed by atoms with Gasteiger partial charge >= 0.3 is 0 Å². The quantitative estimate of drug-likeness (QED) is 0.889. The van der Waals surface area contributed by atoms with E-state index in [9.17, 15) is 4.79 Å². The highest BCUT2D eigenvalue weighted by Gasteiger charge is 2.34. The van der Waals surface area contributed by atoms with Gasteiger partial charge in [0.25, 0.3) is 0 Å². The molecule has 2 unspecified atom stereocenters. The Morgan fingerprint density at radius 3 is 2.62 bits per heavy atom. The van der Waals surface area contributed by atoms with Gasteiger partial charge in [-0.1, -0.05) is 12.1 Å². The third kappa shape index (κ3) is 3.67. The minimum atomic E-state index is 0.140. The Bertz CT molecular complexity index is 668. The zero-order chi connectivity index (χ0) is 16.4. The van der Waals surface area contributed by atoms with Crippen molar-refractivity contribution in [2.45, 2.75) is 50.7 Å². The summed E-state index contributed by atoms with van der Waals surface area (Å²) in [6.45, 7) is 0.749. The van der Waals surface area contributed by atoms with Gasteiger partial charge < -0.3 is 10.6 Å². The number of aromatic nitrogens is 2. The second-order valence-corrected chi connectivity index (χ2v) is 7.13.